The number of furan rings is 1. The van der Waals surface area contributed by atoms with Gasteiger partial charge in [-0.2, -0.15) is 0 Å². The first kappa shape index (κ1) is 12.9. The number of aliphatic imine (C=N–C) groups is 1. The number of hydrogen-bond acceptors (Lipinski definition) is 3. The van der Waals surface area contributed by atoms with E-state index >= 15 is 0 Å². The quantitative estimate of drug-likeness (QED) is 0.686. The molecule has 0 bridgehead atoms. The van der Waals surface area contributed by atoms with Gasteiger partial charge in [0.1, 0.15) is 11.3 Å². The highest BCUT2D eigenvalue weighted by Gasteiger charge is 2.16. The van der Waals surface area contributed by atoms with Gasteiger partial charge in [-0.25, -0.2) is 0 Å². The van der Waals surface area contributed by atoms with Gasteiger partial charge in [0.15, 0.2) is 0 Å². The van der Waals surface area contributed by atoms with Crippen LogP contribution in [-0.2, 0) is 6.42 Å². The summed E-state index contributed by atoms with van der Waals surface area (Å²) in [4.78, 5) is 4.44. The number of nitrogens with zero attached hydrogens (tertiary/aromatic N) is 1. The van der Waals surface area contributed by atoms with Crippen LogP contribution in [0.1, 0.15) is 16.9 Å². The fourth-order valence-electron chi connectivity index (χ4n) is 2.91. The summed E-state index contributed by atoms with van der Waals surface area (Å²) in [6.45, 7) is 0.669. The predicted octanol–water partition coefficient (Wildman–Crippen LogP) is 4.07. The van der Waals surface area contributed by atoms with E-state index < -0.39 is 0 Å². The van der Waals surface area contributed by atoms with E-state index in [2.05, 4.69) is 35.3 Å². The molecular formula is C19H16N2O. The van der Waals surface area contributed by atoms with E-state index in [1.54, 1.807) is 0 Å². The van der Waals surface area contributed by atoms with Crippen molar-refractivity contribution < 1.29 is 4.42 Å². The highest BCUT2D eigenvalue weighted by molar-refractivity contribution is 5.94. The molecule has 0 fully saturated rings. The minimum Gasteiger partial charge on any atom is -0.455 e. The Morgan fingerprint density at radius 1 is 1.05 bits per heavy atom. The molecule has 1 aliphatic heterocycles. The highest BCUT2D eigenvalue weighted by Crippen LogP contribution is 2.31. The van der Waals surface area contributed by atoms with Gasteiger partial charge in [-0.1, -0.05) is 36.4 Å². The van der Waals surface area contributed by atoms with E-state index in [9.17, 15) is 0 Å². The molecule has 2 heterocycles. The highest BCUT2D eigenvalue weighted by atomic mass is 16.3. The van der Waals surface area contributed by atoms with Crippen molar-refractivity contribution in [2.24, 2.45) is 4.99 Å². The number of rotatable bonds is 1. The van der Waals surface area contributed by atoms with Gasteiger partial charge in [0.05, 0.1) is 12.8 Å². The Morgan fingerprint density at radius 2 is 1.91 bits per heavy atom. The summed E-state index contributed by atoms with van der Waals surface area (Å²) in [5.41, 5.74) is 11.1. The summed E-state index contributed by atoms with van der Waals surface area (Å²) in [6, 6.07) is 16.3. The summed E-state index contributed by atoms with van der Waals surface area (Å²) in [6.07, 6.45) is 4.84. The van der Waals surface area contributed by atoms with E-state index in [0.29, 0.717) is 12.2 Å². The molecule has 3 nitrogen and oxygen atoms in total. The third-order valence-corrected chi connectivity index (χ3v) is 4.01. The van der Waals surface area contributed by atoms with Crippen molar-refractivity contribution in [3.05, 3.63) is 71.5 Å². The lowest BCUT2D eigenvalue weighted by Crippen LogP contribution is -1.98. The minimum absolute atomic E-state index is 0.669. The summed E-state index contributed by atoms with van der Waals surface area (Å²) in [7, 11) is 0. The molecule has 3 aromatic rings. The second-order valence-corrected chi connectivity index (χ2v) is 5.47. The molecule has 4 rings (SSSR count). The average Bonchev–Trinajstić information content (AvgIpc) is 2.84. The van der Waals surface area contributed by atoms with Crippen molar-refractivity contribution in [1.29, 1.82) is 0 Å². The zero-order valence-electron chi connectivity index (χ0n) is 12.1. The van der Waals surface area contributed by atoms with Crippen molar-refractivity contribution in [2.75, 3.05) is 12.3 Å². The molecule has 0 unspecified atom stereocenters. The van der Waals surface area contributed by atoms with Gasteiger partial charge in [0.2, 0.25) is 0 Å². The first-order valence-corrected chi connectivity index (χ1v) is 7.36. The molecule has 0 amide bonds. The van der Waals surface area contributed by atoms with Crippen LogP contribution in [0.3, 0.4) is 0 Å². The van der Waals surface area contributed by atoms with Crippen LogP contribution in [0.15, 0.2) is 64.0 Å². The van der Waals surface area contributed by atoms with Crippen LogP contribution in [0.25, 0.3) is 16.5 Å². The Bertz CT molecular complexity index is 888. The summed E-state index contributed by atoms with van der Waals surface area (Å²) in [5.74, 6) is 0.835. The molecule has 1 aliphatic rings. The second kappa shape index (κ2) is 5.19. The van der Waals surface area contributed by atoms with Crippen molar-refractivity contribution in [3.63, 3.8) is 0 Å². The lowest BCUT2D eigenvalue weighted by atomic mass is 9.95. The fourth-order valence-corrected chi connectivity index (χ4v) is 2.91. The molecule has 108 valence electrons. The molecule has 0 saturated carbocycles. The van der Waals surface area contributed by atoms with Gasteiger partial charge >= 0.3 is 0 Å². The van der Waals surface area contributed by atoms with Gasteiger partial charge in [-0.15, -0.1) is 0 Å². The number of fused-ring (bicyclic) bond motifs is 3. The molecule has 0 spiro atoms. The number of allylic oxidation sites excluding steroid dienone is 1. The van der Waals surface area contributed by atoms with Crippen LogP contribution in [0.5, 0.6) is 0 Å². The van der Waals surface area contributed by atoms with E-state index in [0.717, 1.165) is 23.2 Å². The molecule has 22 heavy (non-hydrogen) atoms. The van der Waals surface area contributed by atoms with Crippen molar-refractivity contribution in [2.45, 2.75) is 6.42 Å². The van der Waals surface area contributed by atoms with Crippen LogP contribution in [0, 0.1) is 0 Å². The average molecular weight is 288 g/mol. The number of nitrogen functional groups attached to an aromatic ring is 1. The number of anilines is 1. The summed E-state index contributed by atoms with van der Waals surface area (Å²) < 4.78 is 5.93. The lowest BCUT2D eigenvalue weighted by Gasteiger charge is -2.09. The Morgan fingerprint density at radius 3 is 2.77 bits per heavy atom. The molecule has 0 radical (unpaired) electrons. The van der Waals surface area contributed by atoms with Crippen LogP contribution in [-0.4, -0.2) is 12.8 Å². The maximum Gasteiger partial charge on any atom is 0.149 e. The molecule has 0 saturated heterocycles. The third kappa shape index (κ3) is 2.21. The van der Waals surface area contributed by atoms with Crippen LogP contribution in [0.4, 0.5) is 5.69 Å². The van der Waals surface area contributed by atoms with Gasteiger partial charge in [0, 0.05) is 29.1 Å². The SMILES string of the molecule is Nc1ccc2c3c(oc2c1)C=NC/C=C(\c1ccccc1)C3. The summed E-state index contributed by atoms with van der Waals surface area (Å²) >= 11 is 0. The first-order valence-electron chi connectivity index (χ1n) is 7.36. The molecule has 3 heteroatoms. The smallest absolute Gasteiger partial charge is 0.149 e. The van der Waals surface area contributed by atoms with Gasteiger partial charge in [-0.05, 0) is 23.3 Å². The van der Waals surface area contributed by atoms with Gasteiger partial charge < -0.3 is 10.2 Å². The normalized spacial score (nSPS) is 16.6. The number of nitrogens with two attached hydrogens (primary N) is 1. The molecule has 1 aromatic heterocycles. The molecular weight excluding hydrogens is 272 g/mol. The zero-order valence-corrected chi connectivity index (χ0v) is 12.1. The van der Waals surface area contributed by atoms with Crippen molar-refractivity contribution in [1.82, 2.24) is 0 Å². The molecule has 2 N–H and O–H groups in total. The van der Waals surface area contributed by atoms with E-state index in [-0.39, 0.29) is 0 Å². The Hall–Kier alpha value is -2.81. The third-order valence-electron chi connectivity index (χ3n) is 4.01. The number of benzene rings is 2. The maximum absolute atomic E-state index is 5.93. The Labute approximate surface area is 128 Å². The Balaban J connectivity index is 1.86. The topological polar surface area (TPSA) is 51.5 Å². The number of hydrogen-bond donors (Lipinski definition) is 1. The van der Waals surface area contributed by atoms with E-state index in [1.165, 1.54) is 16.7 Å². The largest absolute Gasteiger partial charge is 0.455 e. The van der Waals surface area contributed by atoms with Crippen molar-refractivity contribution >= 4 is 28.4 Å². The minimum atomic E-state index is 0.669. The van der Waals surface area contributed by atoms with Crippen molar-refractivity contribution in [3.8, 4) is 0 Å². The first-order chi connectivity index (χ1) is 10.8. The second-order valence-electron chi connectivity index (χ2n) is 5.47. The fraction of sp³-hybridized carbons (Fsp3) is 0.105. The standard InChI is InChI=1S/C19H16N2O/c20-15-6-7-16-17-10-14(13-4-2-1-3-5-13)8-9-21-12-19(17)22-18(16)11-15/h1-8,11-12H,9-10,20H2/b14-8-,21-12?. The van der Waals surface area contributed by atoms with E-state index in [1.807, 2.05) is 30.5 Å². The maximum atomic E-state index is 5.93. The predicted molar refractivity (Wildman–Crippen MR) is 91.2 cm³/mol. The van der Waals surface area contributed by atoms with Gasteiger partial charge in [0.25, 0.3) is 0 Å². The van der Waals surface area contributed by atoms with Crippen LogP contribution in [0.2, 0.25) is 0 Å². The lowest BCUT2D eigenvalue weighted by molar-refractivity contribution is 0.603. The molecule has 0 aliphatic carbocycles. The summed E-state index contributed by atoms with van der Waals surface area (Å²) in [5, 5.41) is 1.11. The van der Waals surface area contributed by atoms with E-state index in [4.69, 9.17) is 10.2 Å². The van der Waals surface area contributed by atoms with Crippen LogP contribution >= 0.6 is 0 Å². The molecule has 2 aromatic carbocycles. The van der Waals surface area contributed by atoms with Crippen LogP contribution < -0.4 is 5.73 Å². The zero-order chi connectivity index (χ0) is 14.9. The monoisotopic (exact) mass is 288 g/mol. The Kier molecular flexibility index (Phi) is 3.04. The van der Waals surface area contributed by atoms with Gasteiger partial charge in [-0.3, -0.25) is 4.99 Å². The molecule has 0 atom stereocenters.